The minimum absolute atomic E-state index is 0.241. The lowest BCUT2D eigenvalue weighted by Gasteiger charge is -2.23. The third-order valence-corrected chi connectivity index (χ3v) is 4.14. The lowest BCUT2D eigenvalue weighted by atomic mass is 10.1. The van der Waals surface area contributed by atoms with Crippen molar-refractivity contribution in [2.45, 2.75) is 26.1 Å². The summed E-state index contributed by atoms with van der Waals surface area (Å²) in [5.41, 5.74) is 2.01. The van der Waals surface area contributed by atoms with Gasteiger partial charge in [-0.05, 0) is 47.0 Å². The molecular formula is C16H19BrN2O3. The second-order valence-corrected chi connectivity index (χ2v) is 6.24. The first kappa shape index (κ1) is 15.5. The van der Waals surface area contributed by atoms with Crippen molar-refractivity contribution in [3.8, 4) is 5.75 Å². The average molecular weight is 367 g/mol. The summed E-state index contributed by atoms with van der Waals surface area (Å²) in [5.74, 6) is 1.58. The maximum atomic E-state index is 5.77. The highest BCUT2D eigenvalue weighted by Crippen LogP contribution is 2.27. The fourth-order valence-corrected chi connectivity index (χ4v) is 2.98. The summed E-state index contributed by atoms with van der Waals surface area (Å²) in [6.45, 7) is 4.88. The van der Waals surface area contributed by atoms with E-state index >= 15 is 0 Å². The average Bonchev–Trinajstić information content (AvgIpc) is 2.93. The van der Waals surface area contributed by atoms with Gasteiger partial charge in [-0.2, -0.15) is 0 Å². The van der Waals surface area contributed by atoms with Crippen molar-refractivity contribution in [1.29, 1.82) is 0 Å². The second kappa shape index (κ2) is 7.26. The maximum absolute atomic E-state index is 5.77. The molecule has 5 nitrogen and oxygen atoms in total. The van der Waals surface area contributed by atoms with E-state index in [0.29, 0.717) is 6.61 Å². The summed E-state index contributed by atoms with van der Waals surface area (Å²) in [5, 5.41) is 7.26. The van der Waals surface area contributed by atoms with Gasteiger partial charge in [0.1, 0.15) is 23.8 Å². The SMILES string of the molecule is Cc1cc(COc2ccc(C[C@@H]3CNCCO3)cc2Br)no1. The Balaban J connectivity index is 1.59. The number of hydrogen-bond donors (Lipinski definition) is 1. The third kappa shape index (κ3) is 4.09. The Hall–Kier alpha value is -1.37. The molecule has 6 heteroatoms. The number of aryl methyl sites for hydroxylation is 1. The van der Waals surface area contributed by atoms with E-state index in [1.54, 1.807) is 0 Å². The lowest BCUT2D eigenvalue weighted by molar-refractivity contribution is 0.0292. The molecule has 1 saturated heterocycles. The van der Waals surface area contributed by atoms with Crippen LogP contribution in [0.2, 0.25) is 0 Å². The highest BCUT2D eigenvalue weighted by molar-refractivity contribution is 9.10. The van der Waals surface area contributed by atoms with Gasteiger partial charge in [0.15, 0.2) is 0 Å². The van der Waals surface area contributed by atoms with Gasteiger partial charge in [0.2, 0.25) is 0 Å². The molecule has 1 aromatic carbocycles. The molecule has 1 aromatic heterocycles. The smallest absolute Gasteiger partial charge is 0.134 e. The number of ether oxygens (including phenoxy) is 2. The number of nitrogens with zero attached hydrogens (tertiary/aromatic N) is 1. The molecule has 1 atom stereocenters. The van der Waals surface area contributed by atoms with Gasteiger partial charge in [0, 0.05) is 19.2 Å². The Morgan fingerprint density at radius 2 is 2.32 bits per heavy atom. The Labute approximate surface area is 138 Å². The molecular weight excluding hydrogens is 348 g/mol. The monoisotopic (exact) mass is 366 g/mol. The molecule has 1 aliphatic heterocycles. The maximum Gasteiger partial charge on any atom is 0.134 e. The molecule has 1 aliphatic rings. The van der Waals surface area contributed by atoms with Gasteiger partial charge in [0.05, 0.1) is 17.2 Å². The van der Waals surface area contributed by atoms with Crippen LogP contribution in [0.1, 0.15) is 17.0 Å². The summed E-state index contributed by atoms with van der Waals surface area (Å²) in [6.07, 6.45) is 1.14. The van der Waals surface area contributed by atoms with Crippen LogP contribution in [0.15, 0.2) is 33.3 Å². The summed E-state index contributed by atoms with van der Waals surface area (Å²) in [4.78, 5) is 0. The van der Waals surface area contributed by atoms with E-state index in [4.69, 9.17) is 14.0 Å². The van der Waals surface area contributed by atoms with E-state index in [9.17, 15) is 0 Å². The predicted molar refractivity (Wildman–Crippen MR) is 86.0 cm³/mol. The zero-order valence-electron chi connectivity index (χ0n) is 12.5. The molecule has 2 aromatic rings. The van der Waals surface area contributed by atoms with Crippen LogP contribution in [0.4, 0.5) is 0 Å². The van der Waals surface area contributed by atoms with E-state index in [-0.39, 0.29) is 6.10 Å². The molecule has 0 saturated carbocycles. The van der Waals surface area contributed by atoms with E-state index < -0.39 is 0 Å². The molecule has 118 valence electrons. The van der Waals surface area contributed by atoms with Crippen LogP contribution in [-0.4, -0.2) is 31.0 Å². The topological polar surface area (TPSA) is 56.5 Å². The van der Waals surface area contributed by atoms with Gasteiger partial charge >= 0.3 is 0 Å². The molecule has 1 fully saturated rings. The van der Waals surface area contributed by atoms with Crippen molar-refractivity contribution < 1.29 is 14.0 Å². The van der Waals surface area contributed by atoms with Crippen molar-refractivity contribution in [1.82, 2.24) is 10.5 Å². The number of benzene rings is 1. The van der Waals surface area contributed by atoms with Crippen molar-refractivity contribution in [2.24, 2.45) is 0 Å². The number of hydrogen-bond acceptors (Lipinski definition) is 5. The Bertz CT molecular complexity index is 624. The van der Waals surface area contributed by atoms with Crippen LogP contribution in [0.25, 0.3) is 0 Å². The summed E-state index contributed by atoms with van der Waals surface area (Å²) in [6, 6.07) is 8.01. The molecule has 0 aliphatic carbocycles. The van der Waals surface area contributed by atoms with Crippen LogP contribution < -0.4 is 10.1 Å². The molecule has 1 N–H and O–H groups in total. The number of nitrogens with one attached hydrogen (secondary N) is 1. The first-order valence-electron chi connectivity index (χ1n) is 7.36. The fourth-order valence-electron chi connectivity index (χ4n) is 2.44. The summed E-state index contributed by atoms with van der Waals surface area (Å²) < 4.78 is 17.5. The zero-order valence-corrected chi connectivity index (χ0v) is 14.1. The molecule has 0 radical (unpaired) electrons. The van der Waals surface area contributed by atoms with Crippen molar-refractivity contribution in [3.63, 3.8) is 0 Å². The Kier molecular flexibility index (Phi) is 5.12. The van der Waals surface area contributed by atoms with Crippen LogP contribution in [-0.2, 0) is 17.8 Å². The van der Waals surface area contributed by atoms with Gasteiger partial charge in [-0.25, -0.2) is 0 Å². The van der Waals surface area contributed by atoms with Crippen LogP contribution in [0.5, 0.6) is 5.75 Å². The van der Waals surface area contributed by atoms with Crippen molar-refractivity contribution in [3.05, 3.63) is 45.8 Å². The minimum atomic E-state index is 0.241. The highest BCUT2D eigenvalue weighted by Gasteiger charge is 2.14. The second-order valence-electron chi connectivity index (χ2n) is 5.38. The predicted octanol–water partition coefficient (Wildman–Crippen LogP) is 2.86. The Morgan fingerprint density at radius 3 is 3.00 bits per heavy atom. The lowest BCUT2D eigenvalue weighted by Crippen LogP contribution is -2.39. The van der Waals surface area contributed by atoms with E-state index in [1.807, 2.05) is 19.1 Å². The highest BCUT2D eigenvalue weighted by atomic mass is 79.9. The number of halogens is 1. The van der Waals surface area contributed by atoms with E-state index in [2.05, 4.69) is 38.5 Å². The van der Waals surface area contributed by atoms with Crippen molar-refractivity contribution >= 4 is 15.9 Å². The van der Waals surface area contributed by atoms with Gasteiger partial charge in [-0.15, -0.1) is 0 Å². The molecule has 0 amide bonds. The van der Waals surface area contributed by atoms with E-state index in [0.717, 1.165) is 47.8 Å². The van der Waals surface area contributed by atoms with E-state index in [1.165, 1.54) is 5.56 Å². The van der Waals surface area contributed by atoms with Gasteiger partial charge in [-0.1, -0.05) is 11.2 Å². The first-order valence-corrected chi connectivity index (χ1v) is 8.16. The molecule has 3 rings (SSSR count). The van der Waals surface area contributed by atoms with Crippen LogP contribution in [0.3, 0.4) is 0 Å². The number of rotatable bonds is 5. The van der Waals surface area contributed by atoms with Crippen molar-refractivity contribution in [2.75, 3.05) is 19.7 Å². The molecule has 0 bridgehead atoms. The summed E-state index contributed by atoms with van der Waals surface area (Å²) in [7, 11) is 0. The van der Waals surface area contributed by atoms with Gasteiger partial charge in [0.25, 0.3) is 0 Å². The third-order valence-electron chi connectivity index (χ3n) is 3.52. The number of aromatic nitrogens is 1. The number of morpholine rings is 1. The van der Waals surface area contributed by atoms with Crippen LogP contribution >= 0.6 is 15.9 Å². The molecule has 22 heavy (non-hydrogen) atoms. The molecule has 0 unspecified atom stereocenters. The normalized spacial score (nSPS) is 18.4. The standard InChI is InChI=1S/C16H19BrN2O3/c1-11-6-13(19-22-11)10-21-16-3-2-12(8-15(16)17)7-14-9-18-4-5-20-14/h2-3,6,8,14,18H,4-5,7,9-10H2,1H3/t14-/m1/s1. The van der Waals surface area contributed by atoms with Gasteiger partial charge < -0.3 is 19.3 Å². The molecule has 0 spiro atoms. The Morgan fingerprint density at radius 1 is 1.41 bits per heavy atom. The first-order chi connectivity index (χ1) is 10.7. The molecule has 2 heterocycles. The quantitative estimate of drug-likeness (QED) is 0.881. The summed E-state index contributed by atoms with van der Waals surface area (Å²) >= 11 is 3.57. The fraction of sp³-hybridized carbons (Fsp3) is 0.438. The minimum Gasteiger partial charge on any atom is -0.486 e. The van der Waals surface area contributed by atoms with Crippen LogP contribution in [0, 0.1) is 6.92 Å². The zero-order chi connectivity index (χ0) is 15.4. The largest absolute Gasteiger partial charge is 0.486 e. The van der Waals surface area contributed by atoms with Gasteiger partial charge in [-0.3, -0.25) is 0 Å².